The molecule has 1 saturated heterocycles. The zero-order valence-electron chi connectivity index (χ0n) is 12.2. The van der Waals surface area contributed by atoms with E-state index in [4.69, 9.17) is 0 Å². The average Bonchev–Trinajstić information content (AvgIpc) is 2.56. The Balaban J connectivity index is 1.69. The molecule has 116 valence electrons. The van der Waals surface area contributed by atoms with E-state index in [-0.39, 0.29) is 5.69 Å². The SMILES string of the molecule is Cc1nccnc1N1CCN(c2cc(C(F)F)ncn2)CC1. The highest BCUT2D eigenvalue weighted by Crippen LogP contribution is 2.22. The van der Waals surface area contributed by atoms with Gasteiger partial charge < -0.3 is 9.80 Å². The fourth-order valence-corrected chi connectivity index (χ4v) is 2.51. The molecule has 0 atom stereocenters. The van der Waals surface area contributed by atoms with Gasteiger partial charge >= 0.3 is 0 Å². The summed E-state index contributed by atoms with van der Waals surface area (Å²) in [5.74, 6) is 1.42. The predicted octanol–water partition coefficient (Wildman–Crippen LogP) is 1.84. The van der Waals surface area contributed by atoms with Crippen molar-refractivity contribution in [3.63, 3.8) is 0 Å². The Kier molecular flexibility index (Phi) is 4.08. The van der Waals surface area contributed by atoms with Crippen LogP contribution in [0.25, 0.3) is 0 Å². The summed E-state index contributed by atoms with van der Waals surface area (Å²) in [5, 5.41) is 0. The molecule has 1 fully saturated rings. The maximum Gasteiger partial charge on any atom is 0.280 e. The van der Waals surface area contributed by atoms with Gasteiger partial charge in [0.1, 0.15) is 23.7 Å². The van der Waals surface area contributed by atoms with Gasteiger partial charge in [0, 0.05) is 44.6 Å². The van der Waals surface area contributed by atoms with E-state index in [2.05, 4.69) is 24.8 Å². The minimum atomic E-state index is -2.58. The van der Waals surface area contributed by atoms with Crippen molar-refractivity contribution in [2.45, 2.75) is 13.3 Å². The number of aryl methyl sites for hydroxylation is 1. The van der Waals surface area contributed by atoms with Crippen molar-refractivity contribution < 1.29 is 8.78 Å². The second-order valence-corrected chi connectivity index (χ2v) is 5.04. The zero-order chi connectivity index (χ0) is 15.5. The maximum atomic E-state index is 12.7. The smallest absolute Gasteiger partial charge is 0.280 e. The molecule has 8 heteroatoms. The first-order valence-electron chi connectivity index (χ1n) is 7.03. The fraction of sp³-hybridized carbons (Fsp3) is 0.429. The van der Waals surface area contributed by atoms with Gasteiger partial charge in [-0.15, -0.1) is 0 Å². The van der Waals surface area contributed by atoms with Crippen LogP contribution in [0.5, 0.6) is 0 Å². The maximum absolute atomic E-state index is 12.7. The lowest BCUT2D eigenvalue weighted by atomic mass is 10.2. The molecule has 0 bridgehead atoms. The summed E-state index contributed by atoms with van der Waals surface area (Å²) in [6.45, 7) is 4.79. The summed E-state index contributed by atoms with van der Waals surface area (Å²) in [5.41, 5.74) is 0.648. The van der Waals surface area contributed by atoms with E-state index >= 15 is 0 Å². The van der Waals surface area contributed by atoms with Crippen molar-refractivity contribution in [2.24, 2.45) is 0 Å². The number of hydrogen-bond donors (Lipinski definition) is 0. The van der Waals surface area contributed by atoms with Crippen LogP contribution in [0, 0.1) is 6.92 Å². The van der Waals surface area contributed by atoms with Crippen LogP contribution in [-0.2, 0) is 0 Å². The van der Waals surface area contributed by atoms with Gasteiger partial charge in [-0.25, -0.2) is 23.7 Å². The van der Waals surface area contributed by atoms with Crippen molar-refractivity contribution in [1.29, 1.82) is 0 Å². The molecule has 6 nitrogen and oxygen atoms in total. The number of piperazine rings is 1. The number of nitrogens with zero attached hydrogens (tertiary/aromatic N) is 6. The van der Waals surface area contributed by atoms with Crippen LogP contribution in [0.2, 0.25) is 0 Å². The molecule has 2 aromatic rings. The molecule has 0 N–H and O–H groups in total. The topological polar surface area (TPSA) is 58.0 Å². The molecule has 0 radical (unpaired) electrons. The van der Waals surface area contributed by atoms with Gasteiger partial charge in [0.25, 0.3) is 6.43 Å². The Bertz CT molecular complexity index is 643. The molecule has 22 heavy (non-hydrogen) atoms. The highest BCUT2D eigenvalue weighted by Gasteiger charge is 2.21. The van der Waals surface area contributed by atoms with Gasteiger partial charge in [0.05, 0.1) is 5.69 Å². The van der Waals surface area contributed by atoms with Crippen LogP contribution >= 0.6 is 0 Å². The largest absolute Gasteiger partial charge is 0.353 e. The van der Waals surface area contributed by atoms with E-state index in [1.54, 1.807) is 12.4 Å². The van der Waals surface area contributed by atoms with Gasteiger partial charge in [-0.1, -0.05) is 0 Å². The lowest BCUT2D eigenvalue weighted by Crippen LogP contribution is -2.47. The summed E-state index contributed by atoms with van der Waals surface area (Å²) in [6, 6.07) is 1.36. The Morgan fingerprint density at radius 3 is 2.32 bits per heavy atom. The molecule has 0 spiro atoms. The Morgan fingerprint density at radius 1 is 0.955 bits per heavy atom. The molecule has 0 aliphatic carbocycles. The molecule has 1 aliphatic rings. The Labute approximate surface area is 126 Å². The van der Waals surface area contributed by atoms with Crippen molar-refractivity contribution in [3.05, 3.63) is 36.2 Å². The Hall–Kier alpha value is -2.38. The van der Waals surface area contributed by atoms with E-state index in [0.717, 1.165) is 24.6 Å². The Morgan fingerprint density at radius 2 is 1.64 bits per heavy atom. The molecule has 3 rings (SSSR count). The lowest BCUT2D eigenvalue weighted by Gasteiger charge is -2.36. The summed E-state index contributed by atoms with van der Waals surface area (Å²) in [6.07, 6.45) is 1.96. The molecule has 0 amide bonds. The van der Waals surface area contributed by atoms with Crippen LogP contribution < -0.4 is 9.80 Å². The van der Waals surface area contributed by atoms with Crippen molar-refractivity contribution in [3.8, 4) is 0 Å². The van der Waals surface area contributed by atoms with E-state index in [1.807, 2.05) is 11.8 Å². The van der Waals surface area contributed by atoms with Crippen molar-refractivity contribution >= 4 is 11.6 Å². The van der Waals surface area contributed by atoms with Crippen LogP contribution in [0.1, 0.15) is 17.8 Å². The fourth-order valence-electron chi connectivity index (χ4n) is 2.51. The van der Waals surface area contributed by atoms with Crippen molar-refractivity contribution in [2.75, 3.05) is 36.0 Å². The van der Waals surface area contributed by atoms with E-state index in [1.165, 1.54) is 12.4 Å². The molecule has 1 aliphatic heterocycles. The number of hydrogen-bond acceptors (Lipinski definition) is 6. The van der Waals surface area contributed by atoms with Crippen LogP contribution in [0.3, 0.4) is 0 Å². The third-order valence-corrected chi connectivity index (χ3v) is 3.66. The third-order valence-electron chi connectivity index (χ3n) is 3.66. The van der Waals surface area contributed by atoms with E-state index < -0.39 is 6.43 Å². The molecule has 2 aromatic heterocycles. The number of aromatic nitrogens is 4. The molecule has 0 unspecified atom stereocenters. The van der Waals surface area contributed by atoms with Gasteiger partial charge in [-0.2, -0.15) is 0 Å². The van der Waals surface area contributed by atoms with E-state index in [0.29, 0.717) is 18.9 Å². The highest BCUT2D eigenvalue weighted by molar-refractivity contribution is 5.47. The standard InChI is InChI=1S/C14H16F2N6/c1-10-14(18-3-2-17-10)22-6-4-21(5-7-22)12-8-11(13(15)16)19-9-20-12/h2-3,8-9,13H,4-7H2,1H3. The first-order chi connectivity index (χ1) is 10.6. The summed E-state index contributed by atoms with van der Waals surface area (Å²) in [7, 11) is 0. The highest BCUT2D eigenvalue weighted by atomic mass is 19.3. The monoisotopic (exact) mass is 306 g/mol. The first-order valence-corrected chi connectivity index (χ1v) is 7.03. The normalized spacial score (nSPS) is 15.5. The second-order valence-electron chi connectivity index (χ2n) is 5.04. The first kappa shape index (κ1) is 14.6. The molecule has 0 aromatic carbocycles. The van der Waals surface area contributed by atoms with Gasteiger partial charge in [-0.05, 0) is 6.92 Å². The lowest BCUT2D eigenvalue weighted by molar-refractivity contribution is 0.146. The van der Waals surface area contributed by atoms with Crippen LogP contribution in [0.4, 0.5) is 20.4 Å². The van der Waals surface area contributed by atoms with E-state index in [9.17, 15) is 8.78 Å². The minimum absolute atomic E-state index is 0.239. The number of rotatable bonds is 3. The molecular weight excluding hydrogens is 290 g/mol. The molecule has 3 heterocycles. The molecule has 0 saturated carbocycles. The van der Waals surface area contributed by atoms with Gasteiger partial charge in [0.2, 0.25) is 0 Å². The number of halogens is 2. The number of alkyl halides is 2. The van der Waals surface area contributed by atoms with Crippen LogP contribution in [-0.4, -0.2) is 46.1 Å². The zero-order valence-corrected chi connectivity index (χ0v) is 12.2. The predicted molar refractivity (Wildman–Crippen MR) is 78.2 cm³/mol. The minimum Gasteiger partial charge on any atom is -0.353 e. The van der Waals surface area contributed by atoms with Gasteiger partial charge in [0.15, 0.2) is 0 Å². The number of anilines is 2. The van der Waals surface area contributed by atoms with Crippen LogP contribution in [0.15, 0.2) is 24.8 Å². The summed E-state index contributed by atoms with van der Waals surface area (Å²) < 4.78 is 25.4. The second kappa shape index (κ2) is 6.17. The molecular formula is C14H16F2N6. The summed E-state index contributed by atoms with van der Waals surface area (Å²) >= 11 is 0. The summed E-state index contributed by atoms with van der Waals surface area (Å²) in [4.78, 5) is 20.4. The van der Waals surface area contributed by atoms with Gasteiger partial charge in [-0.3, -0.25) is 4.98 Å². The average molecular weight is 306 g/mol. The van der Waals surface area contributed by atoms with Crippen molar-refractivity contribution in [1.82, 2.24) is 19.9 Å². The third kappa shape index (κ3) is 2.95. The quantitative estimate of drug-likeness (QED) is 0.862.